The van der Waals surface area contributed by atoms with Crippen LogP contribution < -0.4 is 4.31 Å². The molecule has 0 radical (unpaired) electrons. The summed E-state index contributed by atoms with van der Waals surface area (Å²) < 4.78 is 28.6. The number of anilines is 1. The van der Waals surface area contributed by atoms with Crippen LogP contribution in [0, 0.1) is 0 Å². The first-order valence-electron chi connectivity index (χ1n) is 9.74. The molecule has 0 bridgehead atoms. The van der Waals surface area contributed by atoms with E-state index in [4.69, 9.17) is 0 Å². The number of benzene rings is 3. The first-order chi connectivity index (χ1) is 14.6. The van der Waals surface area contributed by atoms with Crippen LogP contribution in [0.25, 0.3) is 23.1 Å². The number of nitrogens with one attached hydrogen (secondary N) is 1. The molecule has 4 aromatic rings. The molecular formula is C25H20N2O2S. The molecule has 1 unspecified atom stereocenters. The fourth-order valence-corrected chi connectivity index (χ4v) is 5.31. The molecule has 4 nitrogen and oxygen atoms in total. The lowest BCUT2D eigenvalue weighted by atomic mass is 9.99. The van der Waals surface area contributed by atoms with Gasteiger partial charge in [0.2, 0.25) is 0 Å². The van der Waals surface area contributed by atoms with Crippen molar-refractivity contribution in [2.75, 3.05) is 4.31 Å². The number of para-hydroxylation sites is 2. The number of aromatic amines is 1. The molecule has 1 aromatic heterocycles. The molecule has 1 aliphatic heterocycles. The Bertz CT molecular complexity index is 1370. The van der Waals surface area contributed by atoms with E-state index < -0.39 is 16.1 Å². The highest BCUT2D eigenvalue weighted by Gasteiger charge is 2.33. The van der Waals surface area contributed by atoms with E-state index in [0.717, 1.165) is 27.6 Å². The molecule has 3 aromatic carbocycles. The number of sulfonamides is 1. The molecule has 1 N–H and O–H groups in total. The van der Waals surface area contributed by atoms with E-state index >= 15 is 0 Å². The van der Waals surface area contributed by atoms with Gasteiger partial charge >= 0.3 is 0 Å². The minimum Gasteiger partial charge on any atom is -0.361 e. The summed E-state index contributed by atoms with van der Waals surface area (Å²) in [6.07, 6.45) is 7.49. The zero-order chi connectivity index (χ0) is 20.6. The predicted molar refractivity (Wildman–Crippen MR) is 123 cm³/mol. The minimum absolute atomic E-state index is 0.443. The summed E-state index contributed by atoms with van der Waals surface area (Å²) in [7, 11) is -3.75. The van der Waals surface area contributed by atoms with E-state index in [9.17, 15) is 8.42 Å². The quantitative estimate of drug-likeness (QED) is 0.464. The number of fused-ring (bicyclic) bond motifs is 2. The molecule has 0 saturated heterocycles. The fourth-order valence-electron chi connectivity index (χ4n) is 3.91. The average molecular weight is 413 g/mol. The largest absolute Gasteiger partial charge is 0.361 e. The van der Waals surface area contributed by atoms with E-state index in [1.54, 1.807) is 6.08 Å². The Kier molecular flexibility index (Phi) is 4.52. The zero-order valence-corrected chi connectivity index (χ0v) is 17.0. The van der Waals surface area contributed by atoms with E-state index in [1.165, 1.54) is 9.71 Å². The van der Waals surface area contributed by atoms with Crippen LogP contribution in [0.2, 0.25) is 0 Å². The Hall–Kier alpha value is -3.57. The summed E-state index contributed by atoms with van der Waals surface area (Å²) >= 11 is 0. The van der Waals surface area contributed by atoms with Crippen LogP contribution in [0.3, 0.4) is 0 Å². The van der Waals surface area contributed by atoms with Gasteiger partial charge in [-0.25, -0.2) is 8.42 Å². The van der Waals surface area contributed by atoms with Gasteiger partial charge in [-0.2, -0.15) is 0 Å². The third-order valence-electron chi connectivity index (χ3n) is 5.33. The van der Waals surface area contributed by atoms with Crippen molar-refractivity contribution < 1.29 is 8.42 Å². The van der Waals surface area contributed by atoms with Crippen LogP contribution in [0.4, 0.5) is 5.69 Å². The van der Waals surface area contributed by atoms with E-state index in [1.807, 2.05) is 97.2 Å². The van der Waals surface area contributed by atoms with E-state index in [-0.39, 0.29) is 0 Å². The smallest absolute Gasteiger partial charge is 0.258 e. The number of rotatable bonds is 4. The van der Waals surface area contributed by atoms with Crippen LogP contribution in [0.5, 0.6) is 0 Å². The van der Waals surface area contributed by atoms with Crippen LogP contribution in [0.1, 0.15) is 22.7 Å². The molecule has 30 heavy (non-hydrogen) atoms. The van der Waals surface area contributed by atoms with Gasteiger partial charge in [-0.3, -0.25) is 4.31 Å². The fraction of sp³-hybridized carbons (Fsp3) is 0.0400. The van der Waals surface area contributed by atoms with Gasteiger partial charge in [0.05, 0.1) is 17.1 Å². The topological polar surface area (TPSA) is 53.2 Å². The lowest BCUT2D eigenvalue weighted by Gasteiger charge is -2.33. The number of aromatic nitrogens is 1. The minimum atomic E-state index is -3.75. The van der Waals surface area contributed by atoms with E-state index in [0.29, 0.717) is 5.69 Å². The van der Waals surface area contributed by atoms with Crippen molar-refractivity contribution in [2.45, 2.75) is 6.04 Å². The summed E-state index contributed by atoms with van der Waals surface area (Å²) in [5.41, 5.74) is 4.30. The second kappa shape index (κ2) is 7.35. The standard InChI is InChI=1S/C25H20N2O2S/c28-30(29,17-16-19-8-2-1-3-9-19)27-24-13-7-4-10-20(24)14-15-25(27)22-18-26-23-12-6-5-11-21(22)23/h1-18,25-26H. The second-order valence-corrected chi connectivity index (χ2v) is 8.90. The number of hydrogen-bond acceptors (Lipinski definition) is 2. The van der Waals surface area contributed by atoms with Crippen molar-refractivity contribution in [1.82, 2.24) is 4.98 Å². The van der Waals surface area contributed by atoms with Gasteiger partial charge in [-0.15, -0.1) is 0 Å². The summed E-state index contributed by atoms with van der Waals surface area (Å²) in [5.74, 6) is 0. The van der Waals surface area contributed by atoms with E-state index in [2.05, 4.69) is 4.98 Å². The third-order valence-corrected chi connectivity index (χ3v) is 6.78. The van der Waals surface area contributed by atoms with Crippen molar-refractivity contribution in [3.8, 4) is 0 Å². The number of nitrogens with zero attached hydrogens (tertiary/aromatic N) is 1. The molecule has 1 aliphatic rings. The highest BCUT2D eigenvalue weighted by molar-refractivity contribution is 7.95. The van der Waals surface area contributed by atoms with Crippen LogP contribution in [-0.2, 0) is 10.0 Å². The molecule has 5 rings (SSSR count). The van der Waals surface area contributed by atoms with Gasteiger partial charge in [-0.05, 0) is 29.3 Å². The molecule has 0 aliphatic carbocycles. The molecule has 0 amide bonds. The third kappa shape index (κ3) is 3.23. The van der Waals surface area contributed by atoms with Gasteiger partial charge in [0.15, 0.2) is 0 Å². The Morgan fingerprint density at radius 2 is 1.60 bits per heavy atom. The number of H-pyrrole nitrogens is 1. The molecule has 0 fully saturated rings. The SMILES string of the molecule is O=S(=O)(C=Cc1ccccc1)N1c2ccccc2C=CC1c1c[nH]c2ccccc12. The van der Waals surface area contributed by atoms with Crippen LogP contribution in [-0.4, -0.2) is 13.4 Å². The van der Waals surface area contributed by atoms with Crippen molar-refractivity contribution in [2.24, 2.45) is 0 Å². The van der Waals surface area contributed by atoms with Gasteiger partial charge in [0, 0.05) is 22.7 Å². The monoisotopic (exact) mass is 412 g/mol. The second-order valence-electron chi connectivity index (χ2n) is 7.21. The summed E-state index contributed by atoms with van der Waals surface area (Å²) in [4.78, 5) is 3.27. The molecule has 2 heterocycles. The Morgan fingerprint density at radius 1 is 0.867 bits per heavy atom. The molecular weight excluding hydrogens is 392 g/mol. The van der Waals surface area contributed by atoms with Gasteiger partial charge in [-0.1, -0.05) is 78.9 Å². The molecule has 1 atom stereocenters. The van der Waals surface area contributed by atoms with Crippen molar-refractivity contribution >= 4 is 38.8 Å². The molecule has 0 spiro atoms. The van der Waals surface area contributed by atoms with Crippen molar-refractivity contribution in [1.29, 1.82) is 0 Å². The highest BCUT2D eigenvalue weighted by atomic mass is 32.2. The first-order valence-corrected chi connectivity index (χ1v) is 11.2. The molecule has 5 heteroatoms. The highest BCUT2D eigenvalue weighted by Crippen LogP contribution is 2.41. The first kappa shape index (κ1) is 18.5. The van der Waals surface area contributed by atoms with Crippen LogP contribution in [0.15, 0.2) is 96.5 Å². The normalized spacial score (nSPS) is 16.3. The average Bonchev–Trinajstić information content (AvgIpc) is 3.22. The van der Waals surface area contributed by atoms with Crippen molar-refractivity contribution in [3.63, 3.8) is 0 Å². The predicted octanol–water partition coefficient (Wildman–Crippen LogP) is 5.74. The molecule has 0 saturated carbocycles. The Morgan fingerprint density at radius 3 is 2.47 bits per heavy atom. The lowest BCUT2D eigenvalue weighted by Crippen LogP contribution is -2.34. The Balaban J connectivity index is 1.65. The maximum absolute atomic E-state index is 13.6. The Labute approximate surface area is 175 Å². The lowest BCUT2D eigenvalue weighted by molar-refractivity contribution is 0.595. The maximum atomic E-state index is 13.6. The summed E-state index contributed by atoms with van der Waals surface area (Å²) in [6.45, 7) is 0. The summed E-state index contributed by atoms with van der Waals surface area (Å²) in [5, 5.41) is 2.30. The van der Waals surface area contributed by atoms with Crippen LogP contribution >= 0.6 is 0 Å². The van der Waals surface area contributed by atoms with Gasteiger partial charge < -0.3 is 4.98 Å². The maximum Gasteiger partial charge on any atom is 0.258 e. The van der Waals surface area contributed by atoms with Crippen molar-refractivity contribution in [3.05, 3.63) is 113 Å². The summed E-state index contributed by atoms with van der Waals surface area (Å²) in [6, 6.07) is 24.5. The molecule has 148 valence electrons. The number of hydrogen-bond donors (Lipinski definition) is 1. The zero-order valence-electron chi connectivity index (χ0n) is 16.1. The van der Waals surface area contributed by atoms with Gasteiger partial charge in [0.25, 0.3) is 10.0 Å². The van der Waals surface area contributed by atoms with Gasteiger partial charge in [0.1, 0.15) is 0 Å².